The van der Waals surface area contributed by atoms with Gasteiger partial charge < -0.3 is 24.1 Å². The average Bonchev–Trinajstić information content (AvgIpc) is 3.20. The predicted molar refractivity (Wildman–Crippen MR) is 156 cm³/mol. The maximum Gasteiger partial charge on any atom is 0.338 e. The second kappa shape index (κ2) is 12.3. The summed E-state index contributed by atoms with van der Waals surface area (Å²) in [6, 6.07) is 7.90. The second-order valence-corrected chi connectivity index (χ2v) is 11.0. The van der Waals surface area contributed by atoms with Crippen LogP contribution in [0.25, 0.3) is 6.08 Å². The number of halogens is 1. The van der Waals surface area contributed by atoms with Gasteiger partial charge in [-0.2, -0.15) is 0 Å². The van der Waals surface area contributed by atoms with Gasteiger partial charge in [-0.25, -0.2) is 9.79 Å². The van der Waals surface area contributed by atoms with Crippen molar-refractivity contribution < 1.29 is 28.8 Å². The molecule has 0 bridgehead atoms. The first-order valence-corrected chi connectivity index (χ1v) is 14.4. The third-order valence-corrected chi connectivity index (χ3v) is 7.62. The first-order valence-electron chi connectivity index (χ1n) is 12.8. The van der Waals surface area contributed by atoms with E-state index in [1.807, 2.05) is 26.8 Å². The van der Waals surface area contributed by atoms with Crippen LogP contribution >= 0.6 is 27.3 Å². The lowest BCUT2D eigenvalue weighted by Crippen LogP contribution is -2.40. The van der Waals surface area contributed by atoms with E-state index in [-0.39, 0.29) is 29.6 Å². The van der Waals surface area contributed by atoms with E-state index in [2.05, 4.69) is 20.9 Å². The first kappa shape index (κ1) is 29.4. The van der Waals surface area contributed by atoms with Crippen molar-refractivity contribution in [2.75, 3.05) is 20.3 Å². The van der Waals surface area contributed by atoms with Crippen LogP contribution in [-0.4, -0.2) is 42.1 Å². The van der Waals surface area contributed by atoms with E-state index < -0.39 is 12.0 Å². The van der Waals surface area contributed by atoms with Crippen molar-refractivity contribution >= 4 is 39.3 Å². The van der Waals surface area contributed by atoms with Gasteiger partial charge in [0.1, 0.15) is 0 Å². The largest absolute Gasteiger partial charge is 0.503 e. The van der Waals surface area contributed by atoms with Crippen molar-refractivity contribution in [3.05, 3.63) is 76.9 Å². The zero-order chi connectivity index (χ0) is 29.1. The number of methoxy groups -OCH3 is 1. The number of aromatic nitrogens is 1. The molecule has 1 atom stereocenters. The molecule has 3 aromatic rings. The number of hydrogen-bond donors (Lipinski definition) is 1. The van der Waals surface area contributed by atoms with E-state index >= 15 is 0 Å². The molecule has 0 aliphatic carbocycles. The molecule has 4 rings (SSSR count). The number of hydrogen-bond acceptors (Lipinski definition) is 9. The Morgan fingerprint density at radius 1 is 1.18 bits per heavy atom. The van der Waals surface area contributed by atoms with Crippen molar-refractivity contribution in [1.29, 1.82) is 0 Å². The zero-order valence-electron chi connectivity index (χ0n) is 23.1. The highest BCUT2D eigenvalue weighted by Crippen LogP contribution is 2.37. The molecular formula is C29H31BrN2O7S. The van der Waals surface area contributed by atoms with Crippen LogP contribution in [0.4, 0.5) is 0 Å². The number of fused-ring (bicyclic) bond motifs is 1. The first-order chi connectivity index (χ1) is 19.1. The number of aromatic hydroxyl groups is 1. The molecule has 0 spiro atoms. The summed E-state index contributed by atoms with van der Waals surface area (Å²) in [7, 11) is 1.54. The Morgan fingerprint density at radius 2 is 1.93 bits per heavy atom. The standard InChI is InChI=1S/C29H31BrN2O7S/c1-7-37-22-12-17(11-19(30)26(22)33)13-23-27(34)32-25(18-9-10-20(39-15(3)4)21(14-18)36-6)24(28(35)38-8-2)16(5)31-29(32)40-23/h9-15,25,33H,7-8H2,1-6H3/b23-13-/t25-/m0/s1. The van der Waals surface area contributed by atoms with Crippen LogP contribution in [-0.2, 0) is 9.53 Å². The third kappa shape index (κ3) is 5.80. The highest BCUT2D eigenvalue weighted by molar-refractivity contribution is 9.10. The molecular weight excluding hydrogens is 600 g/mol. The molecule has 11 heteroatoms. The van der Waals surface area contributed by atoms with Crippen LogP contribution in [0, 0.1) is 0 Å². The molecule has 1 N–H and O–H groups in total. The van der Waals surface area contributed by atoms with Crippen molar-refractivity contribution in [1.82, 2.24) is 4.57 Å². The summed E-state index contributed by atoms with van der Waals surface area (Å²) in [6.07, 6.45) is 1.63. The minimum absolute atomic E-state index is 0.0194. The number of thiazole rings is 1. The number of allylic oxidation sites excluding steroid dienone is 1. The Bertz CT molecular complexity index is 1660. The van der Waals surface area contributed by atoms with Gasteiger partial charge in [0.2, 0.25) is 0 Å². The summed E-state index contributed by atoms with van der Waals surface area (Å²) in [5.74, 6) is 0.756. The van der Waals surface area contributed by atoms with Crippen LogP contribution in [0.2, 0.25) is 0 Å². The van der Waals surface area contributed by atoms with Crippen molar-refractivity contribution in [2.45, 2.75) is 46.8 Å². The Balaban J connectivity index is 1.94. The summed E-state index contributed by atoms with van der Waals surface area (Å²) < 4.78 is 24.7. The molecule has 1 aliphatic heterocycles. The predicted octanol–water partition coefficient (Wildman–Crippen LogP) is 4.46. The van der Waals surface area contributed by atoms with Crippen molar-refractivity contribution in [2.24, 2.45) is 4.99 Å². The number of rotatable bonds is 9. The fourth-order valence-electron chi connectivity index (χ4n) is 4.41. The maximum absolute atomic E-state index is 13.9. The van der Waals surface area contributed by atoms with Gasteiger partial charge in [-0.3, -0.25) is 9.36 Å². The van der Waals surface area contributed by atoms with E-state index in [1.165, 1.54) is 23.0 Å². The third-order valence-electron chi connectivity index (χ3n) is 6.03. The molecule has 0 radical (unpaired) electrons. The van der Waals surface area contributed by atoms with Gasteiger partial charge in [0.05, 0.1) is 52.7 Å². The van der Waals surface area contributed by atoms with E-state index in [4.69, 9.17) is 18.9 Å². The van der Waals surface area contributed by atoms with Crippen LogP contribution in [0.5, 0.6) is 23.0 Å². The van der Waals surface area contributed by atoms with Gasteiger partial charge in [0.25, 0.3) is 5.56 Å². The number of ether oxygens (including phenoxy) is 4. The molecule has 0 fully saturated rings. The molecule has 40 heavy (non-hydrogen) atoms. The molecule has 1 aromatic heterocycles. The number of phenolic OH excluding ortho intramolecular Hbond substituents is 1. The lowest BCUT2D eigenvalue weighted by atomic mass is 9.95. The Labute approximate surface area is 244 Å². The fourth-order valence-corrected chi connectivity index (χ4v) is 5.91. The van der Waals surface area contributed by atoms with Crippen molar-refractivity contribution in [3.8, 4) is 23.0 Å². The normalized spacial score (nSPS) is 15.1. The van der Waals surface area contributed by atoms with Gasteiger partial charge in [0, 0.05) is 0 Å². The molecule has 0 amide bonds. The summed E-state index contributed by atoms with van der Waals surface area (Å²) in [6.45, 7) is 9.65. The smallest absolute Gasteiger partial charge is 0.338 e. The van der Waals surface area contributed by atoms with Crippen LogP contribution < -0.4 is 29.1 Å². The molecule has 2 heterocycles. The van der Waals surface area contributed by atoms with Crippen LogP contribution in [0.3, 0.4) is 0 Å². The summed E-state index contributed by atoms with van der Waals surface area (Å²) in [5.41, 5.74) is 1.69. The average molecular weight is 632 g/mol. The highest BCUT2D eigenvalue weighted by atomic mass is 79.9. The van der Waals surface area contributed by atoms with E-state index in [0.717, 1.165) is 0 Å². The molecule has 9 nitrogen and oxygen atoms in total. The zero-order valence-corrected chi connectivity index (χ0v) is 25.5. The number of benzene rings is 2. The number of carbonyl (C=O) groups excluding carboxylic acids is 1. The summed E-state index contributed by atoms with van der Waals surface area (Å²) in [5, 5.41) is 10.3. The Kier molecular flexibility index (Phi) is 9.05. The number of esters is 1. The molecule has 0 saturated carbocycles. The lowest BCUT2D eigenvalue weighted by molar-refractivity contribution is -0.139. The molecule has 2 aromatic carbocycles. The van der Waals surface area contributed by atoms with E-state index in [1.54, 1.807) is 44.2 Å². The fraction of sp³-hybridized carbons (Fsp3) is 0.345. The van der Waals surface area contributed by atoms with Gasteiger partial charge in [-0.15, -0.1) is 0 Å². The quantitative estimate of drug-likeness (QED) is 0.348. The lowest BCUT2D eigenvalue weighted by Gasteiger charge is -2.25. The molecule has 212 valence electrons. The SMILES string of the molecule is CCOC(=O)C1=C(C)N=c2s/c(=C\c3cc(Br)c(O)c(OCC)c3)c(=O)n2[C@H]1c1ccc(OC(C)C)c(OC)c1. The second-order valence-electron chi connectivity index (χ2n) is 9.16. The minimum Gasteiger partial charge on any atom is -0.503 e. The minimum atomic E-state index is -0.801. The van der Waals surface area contributed by atoms with Gasteiger partial charge in [0.15, 0.2) is 27.8 Å². The molecule has 0 unspecified atom stereocenters. The van der Waals surface area contributed by atoms with Crippen LogP contribution in [0.1, 0.15) is 51.8 Å². The Morgan fingerprint density at radius 3 is 2.58 bits per heavy atom. The number of carbonyl (C=O) groups is 1. The van der Waals surface area contributed by atoms with Crippen molar-refractivity contribution in [3.63, 3.8) is 0 Å². The molecule has 0 saturated heterocycles. The van der Waals surface area contributed by atoms with Gasteiger partial charge in [-0.1, -0.05) is 17.4 Å². The number of phenols is 1. The Hall–Kier alpha value is -3.57. The van der Waals surface area contributed by atoms with Crippen LogP contribution in [0.15, 0.2) is 55.9 Å². The monoisotopic (exact) mass is 630 g/mol. The summed E-state index contributed by atoms with van der Waals surface area (Å²) >= 11 is 4.55. The van der Waals surface area contributed by atoms with E-state index in [0.29, 0.717) is 54.5 Å². The topological polar surface area (TPSA) is 109 Å². The molecule has 1 aliphatic rings. The maximum atomic E-state index is 13.9. The van der Waals surface area contributed by atoms with Gasteiger partial charge >= 0.3 is 5.97 Å². The van der Waals surface area contributed by atoms with Gasteiger partial charge in [-0.05, 0) is 92.0 Å². The highest BCUT2D eigenvalue weighted by Gasteiger charge is 2.34. The van der Waals surface area contributed by atoms with E-state index in [9.17, 15) is 14.7 Å². The number of nitrogens with zero attached hydrogens (tertiary/aromatic N) is 2. The summed E-state index contributed by atoms with van der Waals surface area (Å²) in [4.78, 5) is 32.2.